The zero-order valence-electron chi connectivity index (χ0n) is 6.77. The topological polar surface area (TPSA) is 57.5 Å². The highest BCUT2D eigenvalue weighted by molar-refractivity contribution is 5.72. The lowest BCUT2D eigenvalue weighted by Crippen LogP contribution is -2.16. The number of phenolic OH excluding ortho intramolecular Hbond substituents is 1. The molecule has 0 saturated heterocycles. The number of carbonyl (C=O) groups is 1. The van der Waals surface area contributed by atoms with Crippen molar-refractivity contribution < 1.29 is 19.4 Å². The SMILES string of the molecule is O=C(O)C(F)Cc1ccc(O)cc1. The quantitative estimate of drug-likeness (QED) is 0.745. The predicted octanol–water partition coefficient (Wildman–Crippen LogP) is 1.36. The van der Waals surface area contributed by atoms with Gasteiger partial charge >= 0.3 is 5.97 Å². The molecule has 0 saturated carbocycles. The largest absolute Gasteiger partial charge is 0.508 e. The van der Waals surface area contributed by atoms with Crippen LogP contribution in [0.1, 0.15) is 5.56 Å². The highest BCUT2D eigenvalue weighted by Crippen LogP contribution is 2.12. The van der Waals surface area contributed by atoms with Gasteiger partial charge in [-0.3, -0.25) is 0 Å². The average Bonchev–Trinajstić information content (AvgIpc) is 2.08. The van der Waals surface area contributed by atoms with Gasteiger partial charge in [0.25, 0.3) is 0 Å². The first-order valence-corrected chi connectivity index (χ1v) is 3.74. The number of carboxylic acids is 1. The van der Waals surface area contributed by atoms with E-state index < -0.39 is 12.1 Å². The summed E-state index contributed by atoms with van der Waals surface area (Å²) in [5, 5.41) is 17.2. The minimum absolute atomic E-state index is 0.0782. The number of alkyl halides is 1. The van der Waals surface area contributed by atoms with Gasteiger partial charge in [-0.25, -0.2) is 9.18 Å². The second kappa shape index (κ2) is 3.89. The van der Waals surface area contributed by atoms with Crippen LogP contribution in [-0.2, 0) is 11.2 Å². The molecule has 4 heteroatoms. The number of halogens is 1. The highest BCUT2D eigenvalue weighted by Gasteiger charge is 2.15. The van der Waals surface area contributed by atoms with Crippen LogP contribution in [0.15, 0.2) is 24.3 Å². The lowest BCUT2D eigenvalue weighted by atomic mass is 10.1. The molecular formula is C9H9FO3. The molecule has 0 fully saturated rings. The van der Waals surface area contributed by atoms with Gasteiger partial charge in [-0.1, -0.05) is 12.1 Å². The van der Waals surface area contributed by atoms with Gasteiger partial charge in [0.15, 0.2) is 0 Å². The first-order valence-electron chi connectivity index (χ1n) is 3.74. The van der Waals surface area contributed by atoms with Gasteiger partial charge in [-0.15, -0.1) is 0 Å². The molecule has 1 aromatic carbocycles. The van der Waals surface area contributed by atoms with Gasteiger partial charge in [0.2, 0.25) is 6.17 Å². The first kappa shape index (κ1) is 9.51. The van der Waals surface area contributed by atoms with Crippen LogP contribution in [0.2, 0.25) is 0 Å². The maximum absolute atomic E-state index is 12.6. The molecule has 0 amide bonds. The van der Waals surface area contributed by atoms with Crippen LogP contribution in [0, 0.1) is 0 Å². The number of hydrogen-bond acceptors (Lipinski definition) is 2. The van der Waals surface area contributed by atoms with E-state index in [1.807, 2.05) is 0 Å². The van der Waals surface area contributed by atoms with E-state index in [1.54, 1.807) is 0 Å². The van der Waals surface area contributed by atoms with Crippen molar-refractivity contribution in [3.05, 3.63) is 29.8 Å². The van der Waals surface area contributed by atoms with Crippen molar-refractivity contribution in [3.63, 3.8) is 0 Å². The molecule has 1 rings (SSSR count). The fourth-order valence-electron chi connectivity index (χ4n) is 0.926. The third kappa shape index (κ3) is 2.74. The van der Waals surface area contributed by atoms with E-state index in [0.29, 0.717) is 5.56 Å². The van der Waals surface area contributed by atoms with Crippen molar-refractivity contribution in [2.75, 3.05) is 0 Å². The van der Waals surface area contributed by atoms with E-state index in [4.69, 9.17) is 10.2 Å². The molecule has 0 radical (unpaired) electrons. The van der Waals surface area contributed by atoms with Crippen molar-refractivity contribution >= 4 is 5.97 Å². The summed E-state index contributed by atoms with van der Waals surface area (Å²) in [5.74, 6) is -1.39. The zero-order chi connectivity index (χ0) is 9.84. The Labute approximate surface area is 74.4 Å². The summed E-state index contributed by atoms with van der Waals surface area (Å²) in [4.78, 5) is 10.1. The number of carboxylic acid groups (broad SMARTS) is 1. The lowest BCUT2D eigenvalue weighted by Gasteiger charge is -2.02. The minimum atomic E-state index is -1.88. The molecule has 0 aromatic heterocycles. The number of hydrogen-bond donors (Lipinski definition) is 2. The third-order valence-corrected chi connectivity index (χ3v) is 1.62. The van der Waals surface area contributed by atoms with E-state index in [2.05, 4.69) is 0 Å². The van der Waals surface area contributed by atoms with Crippen molar-refractivity contribution in [1.82, 2.24) is 0 Å². The maximum Gasteiger partial charge on any atom is 0.338 e. The standard InChI is InChI=1S/C9H9FO3/c10-8(9(12)13)5-6-1-3-7(11)4-2-6/h1-4,8,11H,5H2,(H,12,13). The van der Waals surface area contributed by atoms with E-state index in [0.717, 1.165) is 0 Å². The molecule has 1 unspecified atom stereocenters. The van der Waals surface area contributed by atoms with Crippen LogP contribution in [-0.4, -0.2) is 22.4 Å². The Morgan fingerprint density at radius 2 is 1.92 bits per heavy atom. The molecule has 70 valence electrons. The Balaban J connectivity index is 2.64. The molecule has 1 atom stereocenters. The Morgan fingerprint density at radius 1 is 1.38 bits per heavy atom. The Kier molecular flexibility index (Phi) is 2.84. The van der Waals surface area contributed by atoms with Crippen LogP contribution in [0.25, 0.3) is 0 Å². The molecule has 1 aromatic rings. The molecule has 0 aliphatic heterocycles. The smallest absolute Gasteiger partial charge is 0.338 e. The van der Waals surface area contributed by atoms with Gasteiger partial charge in [-0.05, 0) is 17.7 Å². The summed E-state index contributed by atoms with van der Waals surface area (Å²) < 4.78 is 12.6. The number of phenols is 1. The molecule has 0 aliphatic carbocycles. The second-order valence-electron chi connectivity index (χ2n) is 2.68. The van der Waals surface area contributed by atoms with Crippen LogP contribution in [0.3, 0.4) is 0 Å². The van der Waals surface area contributed by atoms with Gasteiger partial charge in [-0.2, -0.15) is 0 Å². The van der Waals surface area contributed by atoms with Crippen molar-refractivity contribution in [2.45, 2.75) is 12.6 Å². The molecular weight excluding hydrogens is 175 g/mol. The van der Waals surface area contributed by atoms with Crippen molar-refractivity contribution in [1.29, 1.82) is 0 Å². The first-order chi connectivity index (χ1) is 6.09. The van der Waals surface area contributed by atoms with Crippen LogP contribution < -0.4 is 0 Å². The van der Waals surface area contributed by atoms with E-state index in [9.17, 15) is 9.18 Å². The fourth-order valence-corrected chi connectivity index (χ4v) is 0.926. The van der Waals surface area contributed by atoms with E-state index >= 15 is 0 Å². The fraction of sp³-hybridized carbons (Fsp3) is 0.222. The summed E-state index contributed by atoms with van der Waals surface area (Å²) in [6, 6.07) is 5.77. The Morgan fingerprint density at radius 3 is 2.38 bits per heavy atom. The number of aromatic hydroxyl groups is 1. The predicted molar refractivity (Wildman–Crippen MR) is 44.3 cm³/mol. The highest BCUT2D eigenvalue weighted by atomic mass is 19.1. The van der Waals surface area contributed by atoms with Crippen LogP contribution >= 0.6 is 0 Å². The third-order valence-electron chi connectivity index (χ3n) is 1.62. The molecule has 2 N–H and O–H groups in total. The van der Waals surface area contributed by atoms with Gasteiger partial charge in [0.05, 0.1) is 0 Å². The van der Waals surface area contributed by atoms with Crippen LogP contribution in [0.4, 0.5) is 4.39 Å². The lowest BCUT2D eigenvalue weighted by molar-refractivity contribution is -0.142. The normalized spacial score (nSPS) is 12.4. The number of rotatable bonds is 3. The Hall–Kier alpha value is -1.58. The monoisotopic (exact) mass is 184 g/mol. The molecule has 13 heavy (non-hydrogen) atoms. The number of benzene rings is 1. The van der Waals surface area contributed by atoms with E-state index in [1.165, 1.54) is 24.3 Å². The van der Waals surface area contributed by atoms with Gasteiger partial charge in [0.1, 0.15) is 5.75 Å². The molecule has 0 spiro atoms. The summed E-state index contributed by atoms with van der Waals surface area (Å²) in [6.45, 7) is 0. The molecule has 0 heterocycles. The molecule has 0 bridgehead atoms. The maximum atomic E-state index is 12.6. The number of aliphatic carboxylic acids is 1. The van der Waals surface area contributed by atoms with Crippen LogP contribution in [0.5, 0.6) is 5.75 Å². The summed E-state index contributed by atoms with van der Waals surface area (Å²) in [7, 11) is 0. The Bertz CT molecular complexity index is 294. The summed E-state index contributed by atoms with van der Waals surface area (Å²) in [5.41, 5.74) is 0.549. The second-order valence-corrected chi connectivity index (χ2v) is 2.68. The summed E-state index contributed by atoms with van der Waals surface area (Å²) >= 11 is 0. The zero-order valence-corrected chi connectivity index (χ0v) is 6.77. The van der Waals surface area contributed by atoms with Gasteiger partial charge in [0, 0.05) is 6.42 Å². The van der Waals surface area contributed by atoms with Crippen molar-refractivity contribution in [2.24, 2.45) is 0 Å². The average molecular weight is 184 g/mol. The van der Waals surface area contributed by atoms with E-state index in [-0.39, 0.29) is 12.2 Å². The minimum Gasteiger partial charge on any atom is -0.508 e. The summed E-state index contributed by atoms with van der Waals surface area (Å²) in [6.07, 6.45) is -2.06. The van der Waals surface area contributed by atoms with Gasteiger partial charge < -0.3 is 10.2 Å². The molecule has 0 aliphatic rings. The van der Waals surface area contributed by atoms with Crippen molar-refractivity contribution in [3.8, 4) is 5.75 Å². The molecule has 3 nitrogen and oxygen atoms in total.